The van der Waals surface area contributed by atoms with Crippen molar-refractivity contribution in [1.29, 1.82) is 0 Å². The molecule has 0 aromatic carbocycles. The maximum atomic E-state index is 11.1. The molecule has 0 saturated carbocycles. The Morgan fingerprint density at radius 1 is 1.56 bits per heavy atom. The lowest BCUT2D eigenvalue weighted by atomic mass is 10.2. The normalized spacial score (nSPS) is 19.4. The van der Waals surface area contributed by atoms with E-state index in [0.717, 1.165) is 0 Å². The highest BCUT2D eigenvalue weighted by molar-refractivity contribution is 5.98. The van der Waals surface area contributed by atoms with E-state index in [2.05, 4.69) is 10.3 Å². The highest BCUT2D eigenvalue weighted by Gasteiger charge is 2.14. The van der Waals surface area contributed by atoms with Gasteiger partial charge in [0.2, 0.25) is 0 Å². The average Bonchev–Trinajstić information content (AvgIpc) is 2.38. The van der Waals surface area contributed by atoms with Gasteiger partial charge < -0.3 is 26.3 Å². The van der Waals surface area contributed by atoms with Crippen molar-refractivity contribution in [2.75, 3.05) is 37.4 Å². The Bertz CT molecular complexity index is 432. The van der Waals surface area contributed by atoms with Gasteiger partial charge in [0.1, 0.15) is 5.82 Å². The summed E-state index contributed by atoms with van der Waals surface area (Å²) >= 11 is 0. The molecule has 1 saturated heterocycles. The number of ether oxygens (including phenoxy) is 2. The van der Waals surface area contributed by atoms with E-state index >= 15 is 0 Å². The average molecular weight is 252 g/mol. The summed E-state index contributed by atoms with van der Waals surface area (Å²) in [5, 5.41) is 3.06. The van der Waals surface area contributed by atoms with Crippen LogP contribution in [-0.4, -0.2) is 43.4 Å². The van der Waals surface area contributed by atoms with Gasteiger partial charge in [-0.15, -0.1) is 0 Å². The number of primary amides is 1. The number of nitrogen functional groups attached to an aromatic ring is 1. The van der Waals surface area contributed by atoms with E-state index in [1.165, 1.54) is 12.3 Å². The Kier molecular flexibility index (Phi) is 3.96. The number of aromatic nitrogens is 1. The van der Waals surface area contributed by atoms with Crippen molar-refractivity contribution in [3.8, 4) is 0 Å². The number of nitrogens with zero attached hydrogens (tertiary/aromatic N) is 1. The number of anilines is 2. The van der Waals surface area contributed by atoms with Crippen LogP contribution in [0.15, 0.2) is 12.3 Å². The van der Waals surface area contributed by atoms with Crippen molar-refractivity contribution in [1.82, 2.24) is 4.98 Å². The van der Waals surface area contributed by atoms with Crippen LogP contribution >= 0.6 is 0 Å². The molecular formula is C11H16N4O3. The molecule has 1 aromatic heterocycles. The van der Waals surface area contributed by atoms with Crippen LogP contribution in [0.5, 0.6) is 0 Å². The first kappa shape index (κ1) is 12.6. The van der Waals surface area contributed by atoms with Gasteiger partial charge in [-0.3, -0.25) is 4.79 Å². The summed E-state index contributed by atoms with van der Waals surface area (Å²) in [7, 11) is 0. The van der Waals surface area contributed by atoms with Crippen LogP contribution in [0.1, 0.15) is 10.4 Å². The van der Waals surface area contributed by atoms with Crippen LogP contribution < -0.4 is 16.8 Å². The molecule has 1 aromatic rings. The fourth-order valence-electron chi connectivity index (χ4n) is 1.65. The predicted octanol–water partition coefficient (Wildman–Crippen LogP) is -0.410. The van der Waals surface area contributed by atoms with E-state index in [0.29, 0.717) is 32.2 Å². The van der Waals surface area contributed by atoms with Gasteiger partial charge in [-0.2, -0.15) is 0 Å². The van der Waals surface area contributed by atoms with E-state index in [9.17, 15) is 4.79 Å². The molecule has 1 unspecified atom stereocenters. The van der Waals surface area contributed by atoms with Gasteiger partial charge in [0.15, 0.2) is 0 Å². The molecule has 18 heavy (non-hydrogen) atoms. The van der Waals surface area contributed by atoms with Gasteiger partial charge in [-0.1, -0.05) is 0 Å². The molecule has 98 valence electrons. The highest BCUT2D eigenvalue weighted by atomic mass is 16.6. The third kappa shape index (κ3) is 3.08. The summed E-state index contributed by atoms with van der Waals surface area (Å²) in [5.41, 5.74) is 11.3. The van der Waals surface area contributed by atoms with Gasteiger partial charge in [-0.05, 0) is 6.07 Å². The molecule has 1 atom stereocenters. The first-order valence-electron chi connectivity index (χ1n) is 5.65. The van der Waals surface area contributed by atoms with E-state index in [1.807, 2.05) is 0 Å². The minimum absolute atomic E-state index is 0.0184. The lowest BCUT2D eigenvalue weighted by Crippen LogP contribution is -2.34. The molecule has 2 rings (SSSR count). The van der Waals surface area contributed by atoms with E-state index in [1.54, 1.807) is 0 Å². The summed E-state index contributed by atoms with van der Waals surface area (Å²) in [5.74, 6) is -0.0395. The molecule has 0 radical (unpaired) electrons. The summed E-state index contributed by atoms with van der Waals surface area (Å²) in [6.45, 7) is 2.32. The topological polar surface area (TPSA) is 112 Å². The number of nitrogens with two attached hydrogens (primary N) is 2. The van der Waals surface area contributed by atoms with Gasteiger partial charge in [0.05, 0.1) is 43.4 Å². The zero-order chi connectivity index (χ0) is 13.0. The molecule has 0 spiro atoms. The summed E-state index contributed by atoms with van der Waals surface area (Å²) in [4.78, 5) is 15.2. The standard InChI is InChI=1S/C11H16N4O3/c12-9-5-15-10(3-8(9)11(13)16)14-4-7-6-17-1-2-18-7/h3,5,7H,1-2,4,6,12H2,(H2,13,16)(H,14,15). The van der Waals surface area contributed by atoms with Crippen LogP contribution in [-0.2, 0) is 9.47 Å². The maximum absolute atomic E-state index is 11.1. The number of rotatable bonds is 4. The Morgan fingerprint density at radius 3 is 3.06 bits per heavy atom. The monoisotopic (exact) mass is 252 g/mol. The highest BCUT2D eigenvalue weighted by Crippen LogP contribution is 2.14. The zero-order valence-corrected chi connectivity index (χ0v) is 9.89. The molecular weight excluding hydrogens is 236 g/mol. The second-order valence-electron chi connectivity index (χ2n) is 3.97. The number of amides is 1. The zero-order valence-electron chi connectivity index (χ0n) is 9.89. The Hall–Kier alpha value is -1.86. The SMILES string of the molecule is NC(=O)c1cc(NCC2COCCO2)ncc1N. The van der Waals surface area contributed by atoms with Gasteiger partial charge >= 0.3 is 0 Å². The van der Waals surface area contributed by atoms with Gasteiger partial charge in [-0.25, -0.2) is 4.98 Å². The third-order valence-electron chi connectivity index (χ3n) is 2.60. The maximum Gasteiger partial charge on any atom is 0.250 e. The van der Waals surface area contributed by atoms with Crippen LogP contribution in [0.2, 0.25) is 0 Å². The lowest BCUT2D eigenvalue weighted by Gasteiger charge is -2.23. The predicted molar refractivity (Wildman–Crippen MR) is 66.2 cm³/mol. The quantitative estimate of drug-likeness (QED) is 0.671. The molecule has 1 aliphatic heterocycles. The van der Waals surface area contributed by atoms with Crippen molar-refractivity contribution in [3.63, 3.8) is 0 Å². The van der Waals surface area contributed by atoms with Crippen molar-refractivity contribution in [2.24, 2.45) is 5.73 Å². The Balaban J connectivity index is 1.96. The van der Waals surface area contributed by atoms with Crippen LogP contribution in [0, 0.1) is 0 Å². The van der Waals surface area contributed by atoms with Crippen LogP contribution in [0.25, 0.3) is 0 Å². The van der Waals surface area contributed by atoms with Gasteiger partial charge in [0, 0.05) is 6.54 Å². The van der Waals surface area contributed by atoms with Crippen LogP contribution in [0.3, 0.4) is 0 Å². The first-order valence-corrected chi connectivity index (χ1v) is 5.65. The second kappa shape index (κ2) is 5.65. The molecule has 5 N–H and O–H groups in total. The Morgan fingerprint density at radius 2 is 2.39 bits per heavy atom. The summed E-state index contributed by atoms with van der Waals surface area (Å²) < 4.78 is 10.7. The molecule has 1 amide bonds. The smallest absolute Gasteiger partial charge is 0.250 e. The molecule has 7 nitrogen and oxygen atoms in total. The van der Waals surface area contributed by atoms with Crippen molar-refractivity contribution in [2.45, 2.75) is 6.10 Å². The van der Waals surface area contributed by atoms with Crippen molar-refractivity contribution in [3.05, 3.63) is 17.8 Å². The third-order valence-corrected chi connectivity index (χ3v) is 2.60. The number of carbonyl (C=O) groups is 1. The molecule has 0 aliphatic carbocycles. The van der Waals surface area contributed by atoms with Crippen molar-refractivity contribution >= 4 is 17.4 Å². The molecule has 2 heterocycles. The number of pyridine rings is 1. The van der Waals surface area contributed by atoms with Crippen molar-refractivity contribution < 1.29 is 14.3 Å². The second-order valence-corrected chi connectivity index (χ2v) is 3.97. The van der Waals surface area contributed by atoms with Crippen LogP contribution in [0.4, 0.5) is 11.5 Å². The minimum atomic E-state index is -0.574. The Labute approximate surface area is 104 Å². The molecule has 0 bridgehead atoms. The number of nitrogens with one attached hydrogen (secondary N) is 1. The number of carbonyl (C=O) groups excluding carboxylic acids is 1. The summed E-state index contributed by atoms with van der Waals surface area (Å²) in [6.07, 6.45) is 1.39. The number of hydrogen-bond acceptors (Lipinski definition) is 6. The number of hydrogen-bond donors (Lipinski definition) is 3. The molecule has 1 fully saturated rings. The largest absolute Gasteiger partial charge is 0.397 e. The fourth-order valence-corrected chi connectivity index (χ4v) is 1.65. The molecule has 7 heteroatoms. The summed E-state index contributed by atoms with van der Waals surface area (Å²) in [6, 6.07) is 1.53. The lowest BCUT2D eigenvalue weighted by molar-refractivity contribution is -0.0819. The first-order chi connectivity index (χ1) is 8.66. The molecule has 1 aliphatic rings. The van der Waals surface area contributed by atoms with Gasteiger partial charge in [0.25, 0.3) is 5.91 Å². The minimum Gasteiger partial charge on any atom is -0.397 e. The van der Waals surface area contributed by atoms with E-state index < -0.39 is 5.91 Å². The fraction of sp³-hybridized carbons (Fsp3) is 0.455. The van der Waals surface area contributed by atoms with E-state index in [-0.39, 0.29) is 17.4 Å². The van der Waals surface area contributed by atoms with E-state index in [4.69, 9.17) is 20.9 Å².